The molecule has 0 aromatic carbocycles. The highest BCUT2D eigenvalue weighted by molar-refractivity contribution is 6.00. The zero-order chi connectivity index (χ0) is 16.0. The molecular formula is C15H24N4O2. The van der Waals surface area contributed by atoms with Crippen molar-refractivity contribution >= 4 is 17.5 Å². The third-order valence-electron chi connectivity index (χ3n) is 2.58. The second kappa shape index (κ2) is 7.06. The molecule has 0 saturated carbocycles. The van der Waals surface area contributed by atoms with E-state index in [0.717, 1.165) is 11.4 Å². The quantitative estimate of drug-likeness (QED) is 0.767. The fourth-order valence-corrected chi connectivity index (χ4v) is 1.80. The summed E-state index contributed by atoms with van der Waals surface area (Å²) in [4.78, 5) is 28.0. The van der Waals surface area contributed by atoms with Gasteiger partial charge in [0.2, 0.25) is 5.91 Å². The van der Waals surface area contributed by atoms with Gasteiger partial charge in [-0.15, -0.1) is 0 Å². The largest absolute Gasteiger partial charge is 0.385 e. The average molecular weight is 292 g/mol. The van der Waals surface area contributed by atoms with Gasteiger partial charge >= 0.3 is 0 Å². The Balaban J connectivity index is 2.70. The van der Waals surface area contributed by atoms with Crippen molar-refractivity contribution in [1.29, 1.82) is 0 Å². The Morgan fingerprint density at radius 3 is 2.52 bits per heavy atom. The molecule has 0 unspecified atom stereocenters. The van der Waals surface area contributed by atoms with Crippen LogP contribution in [0.25, 0.3) is 0 Å². The van der Waals surface area contributed by atoms with Crippen LogP contribution in [0, 0.1) is 6.92 Å². The number of hydrogen-bond acceptors (Lipinski definition) is 4. The number of amides is 2. The lowest BCUT2D eigenvalue weighted by molar-refractivity contribution is -0.121. The molecule has 1 aromatic heterocycles. The molecule has 0 aliphatic rings. The summed E-state index contributed by atoms with van der Waals surface area (Å²) < 4.78 is 0. The van der Waals surface area contributed by atoms with E-state index in [0.29, 0.717) is 12.1 Å². The number of carbonyl (C=O) groups is 2. The minimum atomic E-state index is -0.317. The molecule has 21 heavy (non-hydrogen) atoms. The zero-order valence-electron chi connectivity index (χ0n) is 13.3. The van der Waals surface area contributed by atoms with Gasteiger partial charge in [0.1, 0.15) is 0 Å². The molecule has 116 valence electrons. The van der Waals surface area contributed by atoms with Crippen LogP contribution in [0.5, 0.6) is 0 Å². The Hall–Kier alpha value is -2.11. The van der Waals surface area contributed by atoms with Crippen LogP contribution in [0.2, 0.25) is 0 Å². The molecule has 0 aliphatic heterocycles. The van der Waals surface area contributed by atoms with Crippen LogP contribution in [-0.2, 0) is 4.79 Å². The first-order valence-electron chi connectivity index (χ1n) is 7.02. The highest BCUT2D eigenvalue weighted by Crippen LogP contribution is 2.15. The molecule has 1 aromatic rings. The first-order chi connectivity index (χ1) is 9.73. The van der Waals surface area contributed by atoms with Crippen LogP contribution in [0.4, 0.5) is 5.69 Å². The van der Waals surface area contributed by atoms with E-state index in [1.54, 1.807) is 0 Å². The number of rotatable bonds is 5. The zero-order valence-corrected chi connectivity index (χ0v) is 13.3. The minimum Gasteiger partial charge on any atom is -0.385 e. The van der Waals surface area contributed by atoms with Crippen molar-refractivity contribution < 1.29 is 9.59 Å². The molecule has 3 N–H and O–H groups in total. The van der Waals surface area contributed by atoms with E-state index < -0.39 is 0 Å². The Morgan fingerprint density at radius 1 is 1.29 bits per heavy atom. The molecule has 0 spiro atoms. The molecule has 0 fully saturated rings. The summed E-state index contributed by atoms with van der Waals surface area (Å²) >= 11 is 0. The third-order valence-corrected chi connectivity index (χ3v) is 2.58. The summed E-state index contributed by atoms with van der Waals surface area (Å²) in [6.07, 6.45) is 1.52. The van der Waals surface area contributed by atoms with Crippen molar-refractivity contribution in [3.8, 4) is 0 Å². The SMILES string of the molecule is CCNc1cc(C)ncc1C(=O)NCC(=O)NC(C)(C)C. The number of pyridine rings is 1. The maximum absolute atomic E-state index is 12.2. The van der Waals surface area contributed by atoms with Crippen molar-refractivity contribution in [3.63, 3.8) is 0 Å². The molecule has 1 heterocycles. The first kappa shape index (κ1) is 16.9. The van der Waals surface area contributed by atoms with Gasteiger partial charge in [-0.2, -0.15) is 0 Å². The van der Waals surface area contributed by atoms with Gasteiger partial charge in [-0.1, -0.05) is 0 Å². The standard InChI is InChI=1S/C15H24N4O2/c1-6-16-12-7-10(2)17-8-11(12)14(21)18-9-13(20)19-15(3,4)5/h7-8H,6,9H2,1-5H3,(H,16,17)(H,18,21)(H,19,20). The van der Waals surface area contributed by atoms with Gasteiger partial charge in [-0.3, -0.25) is 14.6 Å². The highest BCUT2D eigenvalue weighted by Gasteiger charge is 2.16. The summed E-state index contributed by atoms with van der Waals surface area (Å²) in [5.74, 6) is -0.538. The van der Waals surface area contributed by atoms with Crippen LogP contribution in [0.3, 0.4) is 0 Å². The van der Waals surface area contributed by atoms with Crippen molar-refractivity contribution in [2.75, 3.05) is 18.4 Å². The lowest BCUT2D eigenvalue weighted by atomic mass is 10.1. The number of nitrogens with zero attached hydrogens (tertiary/aromatic N) is 1. The molecule has 6 nitrogen and oxygen atoms in total. The Labute approximate surface area is 125 Å². The summed E-state index contributed by atoms with van der Waals surface area (Å²) in [6.45, 7) is 10.1. The van der Waals surface area contributed by atoms with Crippen LogP contribution in [0.1, 0.15) is 43.7 Å². The van der Waals surface area contributed by atoms with Crippen LogP contribution < -0.4 is 16.0 Å². The van der Waals surface area contributed by atoms with Gasteiger partial charge < -0.3 is 16.0 Å². The molecular weight excluding hydrogens is 268 g/mol. The van der Waals surface area contributed by atoms with Crippen LogP contribution >= 0.6 is 0 Å². The normalized spacial score (nSPS) is 10.9. The second-order valence-electron chi connectivity index (χ2n) is 5.88. The molecule has 1 rings (SSSR count). The van der Waals surface area contributed by atoms with E-state index in [1.807, 2.05) is 40.7 Å². The van der Waals surface area contributed by atoms with Crippen LogP contribution in [0.15, 0.2) is 12.3 Å². The third kappa shape index (κ3) is 5.81. The number of aryl methyl sites for hydroxylation is 1. The lowest BCUT2D eigenvalue weighted by Crippen LogP contribution is -2.45. The number of carbonyl (C=O) groups excluding carboxylic acids is 2. The van der Waals surface area contributed by atoms with Gasteiger partial charge in [0.15, 0.2) is 0 Å². The number of aromatic nitrogens is 1. The monoisotopic (exact) mass is 292 g/mol. The van der Waals surface area contributed by atoms with E-state index in [1.165, 1.54) is 6.20 Å². The Bertz CT molecular complexity index is 521. The van der Waals surface area contributed by atoms with Crippen molar-refractivity contribution in [2.45, 2.75) is 40.2 Å². The van der Waals surface area contributed by atoms with E-state index in [-0.39, 0.29) is 23.9 Å². The Kier molecular flexibility index (Phi) is 5.69. The molecule has 0 bridgehead atoms. The lowest BCUT2D eigenvalue weighted by Gasteiger charge is -2.20. The molecule has 0 atom stereocenters. The summed E-state index contributed by atoms with van der Waals surface area (Å²) in [5.41, 5.74) is 1.67. The topological polar surface area (TPSA) is 83.1 Å². The smallest absolute Gasteiger partial charge is 0.255 e. The van der Waals surface area contributed by atoms with Gasteiger partial charge in [0.05, 0.1) is 17.8 Å². The van der Waals surface area contributed by atoms with Gasteiger partial charge in [0, 0.05) is 24.0 Å². The maximum Gasteiger partial charge on any atom is 0.255 e. The highest BCUT2D eigenvalue weighted by atomic mass is 16.2. The molecule has 0 aliphatic carbocycles. The van der Waals surface area contributed by atoms with E-state index in [2.05, 4.69) is 20.9 Å². The van der Waals surface area contributed by atoms with Crippen molar-refractivity contribution in [2.24, 2.45) is 0 Å². The summed E-state index contributed by atoms with van der Waals surface area (Å²) in [7, 11) is 0. The number of nitrogens with one attached hydrogen (secondary N) is 3. The fourth-order valence-electron chi connectivity index (χ4n) is 1.80. The summed E-state index contributed by atoms with van der Waals surface area (Å²) in [6, 6.07) is 1.81. The van der Waals surface area contributed by atoms with E-state index in [4.69, 9.17) is 0 Å². The molecule has 2 amide bonds. The van der Waals surface area contributed by atoms with Gasteiger partial charge in [0.25, 0.3) is 5.91 Å². The van der Waals surface area contributed by atoms with Crippen molar-refractivity contribution in [1.82, 2.24) is 15.6 Å². The number of anilines is 1. The first-order valence-corrected chi connectivity index (χ1v) is 7.02. The number of hydrogen-bond donors (Lipinski definition) is 3. The second-order valence-corrected chi connectivity index (χ2v) is 5.88. The Morgan fingerprint density at radius 2 is 1.95 bits per heavy atom. The predicted molar refractivity (Wildman–Crippen MR) is 83.4 cm³/mol. The van der Waals surface area contributed by atoms with Gasteiger partial charge in [-0.25, -0.2) is 0 Å². The average Bonchev–Trinajstić information content (AvgIpc) is 2.34. The molecule has 0 saturated heterocycles. The predicted octanol–water partition coefficient (Wildman–Crippen LogP) is 1.47. The van der Waals surface area contributed by atoms with Crippen LogP contribution in [-0.4, -0.2) is 35.4 Å². The van der Waals surface area contributed by atoms with E-state index >= 15 is 0 Å². The fraction of sp³-hybridized carbons (Fsp3) is 0.533. The molecule has 0 radical (unpaired) electrons. The van der Waals surface area contributed by atoms with Gasteiger partial charge in [-0.05, 0) is 40.7 Å². The minimum absolute atomic E-state index is 0.0600. The van der Waals surface area contributed by atoms with Crippen molar-refractivity contribution in [3.05, 3.63) is 23.5 Å². The summed E-state index contributed by atoms with van der Waals surface area (Å²) in [5, 5.41) is 8.52. The van der Waals surface area contributed by atoms with E-state index in [9.17, 15) is 9.59 Å². The molecule has 6 heteroatoms. The maximum atomic E-state index is 12.2.